The molecular formula is C11H15F2NOS. The minimum Gasteiger partial charge on any atom is -0.591 e. The van der Waals surface area contributed by atoms with Crippen LogP contribution in [0.3, 0.4) is 0 Å². The smallest absolute Gasteiger partial charge is 0.144 e. The van der Waals surface area contributed by atoms with Gasteiger partial charge in [0.15, 0.2) is 0 Å². The first kappa shape index (κ1) is 13.4. The van der Waals surface area contributed by atoms with Crippen LogP contribution in [0.4, 0.5) is 8.78 Å². The first-order valence-corrected chi connectivity index (χ1v) is 6.08. The Labute approximate surface area is 97.5 Å². The summed E-state index contributed by atoms with van der Waals surface area (Å²) in [6, 6.07) is 0. The normalized spacial score (nSPS) is 24.2. The fourth-order valence-corrected chi connectivity index (χ4v) is 1.62. The van der Waals surface area contributed by atoms with Crippen molar-refractivity contribution in [3.05, 3.63) is 23.6 Å². The first-order valence-electron chi connectivity index (χ1n) is 4.97. The van der Waals surface area contributed by atoms with Crippen molar-refractivity contribution in [2.24, 2.45) is 4.40 Å². The Morgan fingerprint density at radius 3 is 2.69 bits per heavy atom. The van der Waals surface area contributed by atoms with Crippen molar-refractivity contribution in [3.8, 4) is 0 Å². The van der Waals surface area contributed by atoms with E-state index in [2.05, 4.69) is 4.40 Å². The van der Waals surface area contributed by atoms with Crippen LogP contribution < -0.4 is 0 Å². The molecule has 1 aliphatic carbocycles. The predicted molar refractivity (Wildman–Crippen MR) is 63.2 cm³/mol. The zero-order valence-corrected chi connectivity index (χ0v) is 10.4. The molecule has 0 spiro atoms. The molecule has 1 rings (SSSR count). The Morgan fingerprint density at radius 2 is 2.19 bits per heavy atom. The fourth-order valence-electron chi connectivity index (χ4n) is 1.09. The quantitative estimate of drug-likeness (QED) is 0.545. The molecule has 0 fully saturated rings. The van der Waals surface area contributed by atoms with E-state index in [-0.39, 0.29) is 6.42 Å². The van der Waals surface area contributed by atoms with Crippen molar-refractivity contribution >= 4 is 17.6 Å². The molecule has 16 heavy (non-hydrogen) atoms. The molecule has 1 aliphatic rings. The molecule has 0 aliphatic heterocycles. The van der Waals surface area contributed by atoms with Crippen molar-refractivity contribution in [3.63, 3.8) is 0 Å². The molecule has 0 amide bonds. The van der Waals surface area contributed by atoms with Gasteiger partial charge in [-0.25, -0.2) is 8.78 Å². The van der Waals surface area contributed by atoms with E-state index in [1.54, 1.807) is 20.8 Å². The zero-order chi connectivity index (χ0) is 12.3. The van der Waals surface area contributed by atoms with Gasteiger partial charge in [-0.3, -0.25) is 0 Å². The summed E-state index contributed by atoms with van der Waals surface area (Å²) in [6.45, 7) is 5.35. The lowest BCUT2D eigenvalue weighted by Crippen LogP contribution is -2.25. The maximum absolute atomic E-state index is 12.9. The van der Waals surface area contributed by atoms with Crippen molar-refractivity contribution in [1.82, 2.24) is 0 Å². The molecule has 2 nitrogen and oxygen atoms in total. The molecule has 0 radical (unpaired) electrons. The number of rotatable bonds is 2. The standard InChI is InChI=1S/C11H15F2NOS/c1-11(2,3)16(15)14-7-8-4-9(12)6-10(13)5-8/h4-5,7,9H,6H2,1-3H3/b14-7+/t9?,16-/m0/s1. The highest BCUT2D eigenvalue weighted by Gasteiger charge is 2.26. The van der Waals surface area contributed by atoms with Crippen molar-refractivity contribution in [2.75, 3.05) is 0 Å². The maximum Gasteiger partial charge on any atom is 0.144 e. The second-order valence-electron chi connectivity index (χ2n) is 4.57. The number of halogens is 2. The second kappa shape index (κ2) is 5.10. The van der Waals surface area contributed by atoms with Gasteiger partial charge in [0.05, 0.1) is 6.21 Å². The zero-order valence-electron chi connectivity index (χ0n) is 9.54. The third kappa shape index (κ3) is 4.06. The van der Waals surface area contributed by atoms with E-state index in [1.165, 1.54) is 18.4 Å². The highest BCUT2D eigenvalue weighted by Crippen LogP contribution is 2.21. The van der Waals surface area contributed by atoms with E-state index in [9.17, 15) is 13.3 Å². The summed E-state index contributed by atoms with van der Waals surface area (Å²) in [7, 11) is 0. The molecule has 2 atom stereocenters. The van der Waals surface area contributed by atoms with Crippen molar-refractivity contribution in [1.29, 1.82) is 0 Å². The predicted octanol–water partition coefficient (Wildman–Crippen LogP) is 3.04. The minimum atomic E-state index is -1.41. The molecule has 0 saturated carbocycles. The number of alkyl halides is 1. The molecule has 90 valence electrons. The van der Waals surface area contributed by atoms with Crippen molar-refractivity contribution < 1.29 is 13.3 Å². The Morgan fingerprint density at radius 1 is 1.56 bits per heavy atom. The summed E-state index contributed by atoms with van der Waals surface area (Å²) in [6.07, 6.45) is 2.19. The van der Waals surface area contributed by atoms with Crippen LogP contribution in [-0.2, 0) is 11.4 Å². The van der Waals surface area contributed by atoms with Crippen LogP contribution in [0.2, 0.25) is 0 Å². The van der Waals surface area contributed by atoms with Gasteiger partial charge >= 0.3 is 0 Å². The summed E-state index contributed by atoms with van der Waals surface area (Å²) in [5, 5.41) is 0. The molecule has 0 N–H and O–H groups in total. The minimum absolute atomic E-state index is 0.223. The average Bonchev–Trinajstić information content (AvgIpc) is 2.11. The Balaban J connectivity index is 2.71. The Kier molecular flexibility index (Phi) is 4.27. The van der Waals surface area contributed by atoms with E-state index < -0.39 is 28.1 Å². The lowest BCUT2D eigenvalue weighted by Gasteiger charge is -2.18. The van der Waals surface area contributed by atoms with Gasteiger partial charge in [0.25, 0.3) is 0 Å². The molecule has 5 heteroatoms. The van der Waals surface area contributed by atoms with Crippen LogP contribution >= 0.6 is 0 Å². The summed E-state index contributed by atoms with van der Waals surface area (Å²) < 4.78 is 40.7. The summed E-state index contributed by atoms with van der Waals surface area (Å²) in [5.74, 6) is -0.516. The van der Waals surface area contributed by atoms with E-state index in [4.69, 9.17) is 0 Å². The first-order chi connectivity index (χ1) is 7.29. The van der Waals surface area contributed by atoms with E-state index >= 15 is 0 Å². The van der Waals surface area contributed by atoms with E-state index in [0.29, 0.717) is 5.57 Å². The summed E-state index contributed by atoms with van der Waals surface area (Å²) >= 11 is -1.41. The Hall–Kier alpha value is -0.680. The largest absolute Gasteiger partial charge is 0.591 e. The van der Waals surface area contributed by atoms with Crippen LogP contribution in [0.15, 0.2) is 27.9 Å². The van der Waals surface area contributed by atoms with Crippen LogP contribution in [0.5, 0.6) is 0 Å². The molecule has 0 aromatic carbocycles. The summed E-state index contributed by atoms with van der Waals surface area (Å²) in [5.41, 5.74) is 0.328. The third-order valence-corrected chi connectivity index (χ3v) is 3.25. The van der Waals surface area contributed by atoms with Crippen LogP contribution in [-0.4, -0.2) is 21.7 Å². The number of allylic oxidation sites excluding steroid dienone is 4. The number of hydrogen-bond acceptors (Lipinski definition) is 2. The molecule has 0 bridgehead atoms. The third-order valence-electron chi connectivity index (χ3n) is 1.91. The van der Waals surface area contributed by atoms with Gasteiger partial charge in [-0.1, -0.05) is 4.40 Å². The van der Waals surface area contributed by atoms with Gasteiger partial charge < -0.3 is 4.55 Å². The van der Waals surface area contributed by atoms with Gasteiger partial charge in [-0.2, -0.15) is 0 Å². The van der Waals surface area contributed by atoms with Gasteiger partial charge in [0.2, 0.25) is 0 Å². The van der Waals surface area contributed by atoms with Crippen LogP contribution in [0.1, 0.15) is 27.2 Å². The molecule has 0 saturated heterocycles. The highest BCUT2D eigenvalue weighted by molar-refractivity contribution is 7.91. The monoisotopic (exact) mass is 247 g/mol. The van der Waals surface area contributed by atoms with Gasteiger partial charge in [-0.15, -0.1) is 0 Å². The van der Waals surface area contributed by atoms with Gasteiger partial charge in [0, 0.05) is 6.42 Å². The molecule has 0 heterocycles. The lowest BCUT2D eigenvalue weighted by atomic mass is 10.1. The molecular weight excluding hydrogens is 232 g/mol. The number of nitrogens with zero attached hydrogens (tertiary/aromatic N) is 1. The maximum atomic E-state index is 12.9. The van der Waals surface area contributed by atoms with E-state index in [0.717, 1.165) is 0 Å². The SMILES string of the molecule is CC(C)(C)[S@+]([O-])/N=C/C1=CC(F)CC(F)=C1. The topological polar surface area (TPSA) is 35.4 Å². The Bertz CT molecular complexity index is 344. The van der Waals surface area contributed by atoms with Gasteiger partial charge in [0.1, 0.15) is 28.1 Å². The average molecular weight is 247 g/mol. The van der Waals surface area contributed by atoms with Crippen LogP contribution in [0.25, 0.3) is 0 Å². The second-order valence-corrected chi connectivity index (χ2v) is 6.51. The lowest BCUT2D eigenvalue weighted by molar-refractivity contribution is 0.368. The fraction of sp³-hybridized carbons (Fsp3) is 0.545. The van der Waals surface area contributed by atoms with Crippen LogP contribution in [0, 0.1) is 0 Å². The molecule has 0 aromatic rings. The number of hydrogen-bond donors (Lipinski definition) is 0. The summed E-state index contributed by atoms with van der Waals surface area (Å²) in [4.78, 5) is 0. The van der Waals surface area contributed by atoms with Crippen molar-refractivity contribution in [2.45, 2.75) is 38.1 Å². The molecule has 0 aromatic heterocycles. The van der Waals surface area contributed by atoms with Gasteiger partial charge in [-0.05, 0) is 38.5 Å². The highest BCUT2D eigenvalue weighted by atomic mass is 32.2. The van der Waals surface area contributed by atoms with E-state index in [1.807, 2.05) is 0 Å². The molecule has 1 unspecified atom stereocenters.